The van der Waals surface area contributed by atoms with Crippen LogP contribution in [0.1, 0.15) is 16.1 Å². The van der Waals surface area contributed by atoms with Crippen LogP contribution in [0.15, 0.2) is 60.8 Å². The van der Waals surface area contributed by atoms with Crippen LogP contribution in [0.5, 0.6) is 5.75 Å². The molecule has 1 heterocycles. The Morgan fingerprint density at radius 3 is 2.37 bits per heavy atom. The van der Waals surface area contributed by atoms with Crippen LogP contribution in [-0.2, 0) is 6.54 Å². The number of hydrogen-bond donors (Lipinski definition) is 2. The minimum Gasteiger partial charge on any atom is -0.497 e. The first kappa shape index (κ1) is 18.3. The zero-order valence-corrected chi connectivity index (χ0v) is 14.5. The van der Waals surface area contributed by atoms with Crippen molar-refractivity contribution in [1.29, 1.82) is 0 Å². The van der Waals surface area contributed by atoms with Crippen molar-refractivity contribution in [3.05, 3.63) is 83.7 Å². The molecule has 0 aliphatic heterocycles. The lowest BCUT2D eigenvalue weighted by Gasteiger charge is -2.08. The Balaban J connectivity index is 1.58. The van der Waals surface area contributed by atoms with Crippen molar-refractivity contribution in [2.24, 2.45) is 0 Å². The van der Waals surface area contributed by atoms with E-state index < -0.39 is 17.5 Å². The number of carbonyl (C=O) groups excluding carboxylic acids is 1. The van der Waals surface area contributed by atoms with Crippen molar-refractivity contribution < 1.29 is 18.3 Å². The molecular weight excluding hydrogens is 352 g/mol. The number of nitrogens with zero attached hydrogens (tertiary/aromatic N) is 1. The van der Waals surface area contributed by atoms with Crippen LogP contribution in [0.25, 0.3) is 0 Å². The van der Waals surface area contributed by atoms with E-state index in [0.717, 1.165) is 29.1 Å². The first-order chi connectivity index (χ1) is 13.0. The standard InChI is InChI=1S/C20H17F2N3O2/c1-27-16-6-2-13(3-7-16)11-23-15-5-9-19(24-12-15)20(26)25-14-4-8-17(21)18(22)10-14/h2-10,12,23H,11H2,1H3,(H,25,26). The summed E-state index contributed by atoms with van der Waals surface area (Å²) in [5, 5.41) is 5.68. The van der Waals surface area contributed by atoms with Crippen LogP contribution in [-0.4, -0.2) is 18.0 Å². The van der Waals surface area contributed by atoms with Crippen LogP contribution < -0.4 is 15.4 Å². The molecule has 0 bridgehead atoms. The first-order valence-corrected chi connectivity index (χ1v) is 8.14. The highest BCUT2D eigenvalue weighted by Gasteiger charge is 2.10. The van der Waals surface area contributed by atoms with Gasteiger partial charge in [-0.1, -0.05) is 12.1 Å². The second-order valence-electron chi connectivity index (χ2n) is 5.72. The van der Waals surface area contributed by atoms with Crippen LogP contribution in [0.3, 0.4) is 0 Å². The quantitative estimate of drug-likeness (QED) is 0.682. The highest BCUT2D eigenvalue weighted by molar-refractivity contribution is 6.02. The van der Waals surface area contributed by atoms with E-state index in [1.54, 1.807) is 19.2 Å². The van der Waals surface area contributed by atoms with Gasteiger partial charge in [-0.05, 0) is 42.0 Å². The predicted octanol–water partition coefficient (Wildman–Crippen LogP) is 4.23. The number of halogens is 2. The number of carbonyl (C=O) groups is 1. The van der Waals surface area contributed by atoms with Crippen molar-refractivity contribution in [2.75, 3.05) is 17.7 Å². The van der Waals surface area contributed by atoms with E-state index in [1.165, 1.54) is 12.3 Å². The number of anilines is 2. The Bertz CT molecular complexity index is 929. The molecule has 5 nitrogen and oxygen atoms in total. The molecule has 0 aliphatic carbocycles. The molecule has 0 atom stereocenters. The number of ether oxygens (including phenoxy) is 1. The predicted molar refractivity (Wildman–Crippen MR) is 98.9 cm³/mol. The molecule has 0 saturated heterocycles. The number of nitrogens with one attached hydrogen (secondary N) is 2. The third-order valence-electron chi connectivity index (χ3n) is 3.83. The van der Waals surface area contributed by atoms with Crippen LogP contribution in [0.4, 0.5) is 20.2 Å². The van der Waals surface area contributed by atoms with Crippen molar-refractivity contribution in [2.45, 2.75) is 6.54 Å². The minimum absolute atomic E-state index is 0.155. The number of aromatic nitrogens is 1. The van der Waals surface area contributed by atoms with Crippen molar-refractivity contribution >= 4 is 17.3 Å². The number of methoxy groups -OCH3 is 1. The summed E-state index contributed by atoms with van der Waals surface area (Å²) < 4.78 is 31.2. The van der Waals surface area contributed by atoms with Gasteiger partial charge in [0, 0.05) is 18.3 Å². The molecule has 1 amide bonds. The number of pyridine rings is 1. The summed E-state index contributed by atoms with van der Waals surface area (Å²) >= 11 is 0. The summed E-state index contributed by atoms with van der Waals surface area (Å²) in [5.74, 6) is -1.73. The Kier molecular flexibility index (Phi) is 5.61. The molecule has 0 aliphatic rings. The molecule has 0 unspecified atom stereocenters. The lowest BCUT2D eigenvalue weighted by atomic mass is 10.2. The van der Waals surface area contributed by atoms with Crippen LogP contribution in [0.2, 0.25) is 0 Å². The zero-order chi connectivity index (χ0) is 19.2. The highest BCUT2D eigenvalue weighted by atomic mass is 19.2. The summed E-state index contributed by atoms with van der Waals surface area (Å²) in [7, 11) is 1.61. The molecular formula is C20H17F2N3O2. The molecule has 0 spiro atoms. The second kappa shape index (κ2) is 8.27. The van der Waals surface area contributed by atoms with E-state index in [-0.39, 0.29) is 11.4 Å². The third-order valence-corrected chi connectivity index (χ3v) is 3.83. The van der Waals surface area contributed by atoms with Gasteiger partial charge in [-0.3, -0.25) is 4.79 Å². The number of hydrogen-bond acceptors (Lipinski definition) is 4. The van der Waals surface area contributed by atoms with E-state index in [9.17, 15) is 13.6 Å². The Morgan fingerprint density at radius 2 is 1.74 bits per heavy atom. The average molecular weight is 369 g/mol. The average Bonchev–Trinajstić information content (AvgIpc) is 2.70. The fourth-order valence-electron chi connectivity index (χ4n) is 2.35. The molecule has 2 aromatic carbocycles. The van der Waals surface area contributed by atoms with E-state index in [1.807, 2.05) is 24.3 Å². The molecule has 0 fully saturated rings. The van der Waals surface area contributed by atoms with Crippen molar-refractivity contribution in [3.8, 4) is 5.75 Å². The van der Waals surface area contributed by atoms with Gasteiger partial charge in [0.2, 0.25) is 0 Å². The molecule has 2 N–H and O–H groups in total. The SMILES string of the molecule is COc1ccc(CNc2ccc(C(=O)Nc3ccc(F)c(F)c3)nc2)cc1. The third kappa shape index (κ3) is 4.78. The lowest BCUT2D eigenvalue weighted by molar-refractivity contribution is 0.102. The van der Waals surface area contributed by atoms with E-state index in [2.05, 4.69) is 15.6 Å². The molecule has 7 heteroatoms. The number of benzene rings is 2. The Hall–Kier alpha value is -3.48. The molecule has 0 saturated carbocycles. The second-order valence-corrected chi connectivity index (χ2v) is 5.72. The van der Waals surface area contributed by atoms with Gasteiger partial charge in [0.15, 0.2) is 11.6 Å². The first-order valence-electron chi connectivity index (χ1n) is 8.14. The molecule has 138 valence electrons. The van der Waals surface area contributed by atoms with E-state index in [4.69, 9.17) is 4.74 Å². The zero-order valence-electron chi connectivity index (χ0n) is 14.5. The van der Waals surface area contributed by atoms with Crippen LogP contribution >= 0.6 is 0 Å². The summed E-state index contributed by atoms with van der Waals surface area (Å²) in [5.41, 5.74) is 2.13. The van der Waals surface area contributed by atoms with Gasteiger partial charge < -0.3 is 15.4 Å². The van der Waals surface area contributed by atoms with Gasteiger partial charge in [0.25, 0.3) is 5.91 Å². The van der Waals surface area contributed by atoms with Gasteiger partial charge in [-0.15, -0.1) is 0 Å². The van der Waals surface area contributed by atoms with E-state index in [0.29, 0.717) is 6.54 Å². The summed E-state index contributed by atoms with van der Waals surface area (Å²) in [4.78, 5) is 16.2. The largest absolute Gasteiger partial charge is 0.497 e. The van der Waals surface area contributed by atoms with Gasteiger partial charge in [0.05, 0.1) is 19.0 Å². The topological polar surface area (TPSA) is 63.2 Å². The summed E-state index contributed by atoms with van der Waals surface area (Å²) in [6, 6.07) is 14.1. The molecule has 3 aromatic rings. The van der Waals surface area contributed by atoms with Gasteiger partial charge in [-0.2, -0.15) is 0 Å². The Labute approximate surface area is 155 Å². The monoisotopic (exact) mass is 369 g/mol. The fourth-order valence-corrected chi connectivity index (χ4v) is 2.35. The number of rotatable bonds is 6. The molecule has 1 aromatic heterocycles. The van der Waals surface area contributed by atoms with Gasteiger partial charge in [-0.25, -0.2) is 13.8 Å². The number of amides is 1. The maximum Gasteiger partial charge on any atom is 0.274 e. The highest BCUT2D eigenvalue weighted by Crippen LogP contribution is 2.16. The smallest absolute Gasteiger partial charge is 0.274 e. The van der Waals surface area contributed by atoms with E-state index >= 15 is 0 Å². The van der Waals surface area contributed by atoms with Crippen molar-refractivity contribution in [3.63, 3.8) is 0 Å². The summed E-state index contributed by atoms with van der Waals surface area (Å²) in [6.45, 7) is 0.589. The lowest BCUT2D eigenvalue weighted by Crippen LogP contribution is -2.14. The molecule has 0 radical (unpaired) electrons. The van der Waals surface area contributed by atoms with Gasteiger partial charge in [0.1, 0.15) is 11.4 Å². The van der Waals surface area contributed by atoms with Crippen LogP contribution in [0, 0.1) is 11.6 Å². The minimum atomic E-state index is -1.03. The summed E-state index contributed by atoms with van der Waals surface area (Å²) in [6.07, 6.45) is 1.53. The normalized spacial score (nSPS) is 10.3. The Morgan fingerprint density at radius 1 is 1.00 bits per heavy atom. The van der Waals surface area contributed by atoms with Crippen molar-refractivity contribution in [1.82, 2.24) is 4.98 Å². The fraction of sp³-hybridized carbons (Fsp3) is 0.100. The maximum absolute atomic E-state index is 13.2. The molecule has 3 rings (SSSR count). The molecule has 27 heavy (non-hydrogen) atoms. The van der Waals surface area contributed by atoms with Gasteiger partial charge >= 0.3 is 0 Å². The maximum atomic E-state index is 13.2.